The number of carboxylic acids is 1. The molecule has 1 atom stereocenters. The van der Waals surface area contributed by atoms with Crippen LogP contribution < -0.4 is 10.6 Å². The zero-order chi connectivity index (χ0) is 15.1. The van der Waals surface area contributed by atoms with E-state index in [2.05, 4.69) is 15.9 Å². The Kier molecular flexibility index (Phi) is 3.72. The van der Waals surface area contributed by atoms with Gasteiger partial charge in [0.2, 0.25) is 0 Å². The second kappa shape index (κ2) is 4.92. The maximum absolute atomic E-state index is 12.6. The van der Waals surface area contributed by atoms with Gasteiger partial charge in [-0.2, -0.15) is 13.2 Å². The molecule has 1 saturated heterocycles. The number of carbonyl (C=O) groups is 1. The summed E-state index contributed by atoms with van der Waals surface area (Å²) in [4.78, 5) is 12.7. The third-order valence-electron chi connectivity index (χ3n) is 3.34. The van der Waals surface area contributed by atoms with Gasteiger partial charge < -0.3 is 15.7 Å². The molecule has 0 aliphatic carbocycles. The topological polar surface area (TPSA) is 66.6 Å². The molecule has 0 aromatic heterocycles. The van der Waals surface area contributed by atoms with E-state index in [1.807, 2.05) is 0 Å². The zero-order valence-electron chi connectivity index (χ0n) is 10.2. The standard InChI is InChI=1S/C12H12BrF3N2O2/c13-8-5-7(12(14,15)16)1-2-9(8)18-4-3-11(17,6-18)10(19)20/h1-2,5H,3-4,6,17H2,(H,19,20). The first-order valence-electron chi connectivity index (χ1n) is 5.77. The van der Waals surface area contributed by atoms with Crippen molar-refractivity contribution in [2.45, 2.75) is 18.1 Å². The Morgan fingerprint density at radius 1 is 1.45 bits per heavy atom. The fourth-order valence-corrected chi connectivity index (χ4v) is 2.78. The molecular weight excluding hydrogens is 341 g/mol. The maximum Gasteiger partial charge on any atom is 0.416 e. The van der Waals surface area contributed by atoms with Gasteiger partial charge in [0, 0.05) is 17.6 Å². The molecule has 20 heavy (non-hydrogen) atoms. The van der Waals surface area contributed by atoms with Crippen molar-refractivity contribution < 1.29 is 23.1 Å². The van der Waals surface area contributed by atoms with Crippen LogP contribution in [0.2, 0.25) is 0 Å². The quantitative estimate of drug-likeness (QED) is 0.857. The van der Waals surface area contributed by atoms with Crippen molar-refractivity contribution >= 4 is 27.6 Å². The molecule has 0 spiro atoms. The first-order valence-corrected chi connectivity index (χ1v) is 6.57. The number of nitrogens with two attached hydrogens (primary N) is 1. The van der Waals surface area contributed by atoms with Crippen LogP contribution in [0.1, 0.15) is 12.0 Å². The van der Waals surface area contributed by atoms with Crippen molar-refractivity contribution in [3.8, 4) is 0 Å². The van der Waals surface area contributed by atoms with Crippen LogP contribution in [-0.4, -0.2) is 29.7 Å². The van der Waals surface area contributed by atoms with E-state index in [9.17, 15) is 18.0 Å². The molecule has 1 aromatic carbocycles. The van der Waals surface area contributed by atoms with Gasteiger partial charge in [0.1, 0.15) is 5.54 Å². The Bertz CT molecular complexity index is 550. The lowest BCUT2D eigenvalue weighted by Crippen LogP contribution is -2.50. The highest BCUT2D eigenvalue weighted by Crippen LogP contribution is 2.37. The average molecular weight is 353 g/mol. The van der Waals surface area contributed by atoms with Crippen molar-refractivity contribution in [3.05, 3.63) is 28.2 Å². The lowest BCUT2D eigenvalue weighted by Gasteiger charge is -2.23. The maximum atomic E-state index is 12.6. The van der Waals surface area contributed by atoms with Gasteiger partial charge in [-0.1, -0.05) is 0 Å². The number of halogens is 4. The summed E-state index contributed by atoms with van der Waals surface area (Å²) in [7, 11) is 0. The molecule has 0 amide bonds. The van der Waals surface area contributed by atoms with E-state index in [0.29, 0.717) is 12.2 Å². The largest absolute Gasteiger partial charge is 0.480 e. The van der Waals surface area contributed by atoms with E-state index in [4.69, 9.17) is 10.8 Å². The van der Waals surface area contributed by atoms with Gasteiger partial charge in [-0.25, -0.2) is 0 Å². The first kappa shape index (κ1) is 15.1. The summed E-state index contributed by atoms with van der Waals surface area (Å²) in [6, 6.07) is 3.27. The summed E-state index contributed by atoms with van der Waals surface area (Å²) in [5, 5.41) is 9.05. The van der Waals surface area contributed by atoms with Gasteiger partial charge in [-0.05, 0) is 40.5 Å². The van der Waals surface area contributed by atoms with E-state index >= 15 is 0 Å². The number of nitrogens with zero attached hydrogens (tertiary/aromatic N) is 1. The Hall–Kier alpha value is -1.28. The van der Waals surface area contributed by atoms with Gasteiger partial charge in [0.15, 0.2) is 0 Å². The summed E-state index contributed by atoms with van der Waals surface area (Å²) < 4.78 is 38.0. The van der Waals surface area contributed by atoms with Crippen molar-refractivity contribution in [3.63, 3.8) is 0 Å². The number of alkyl halides is 3. The van der Waals surface area contributed by atoms with Gasteiger partial charge in [0.05, 0.1) is 11.3 Å². The molecule has 1 aliphatic rings. The Morgan fingerprint density at radius 2 is 2.10 bits per heavy atom. The highest BCUT2D eigenvalue weighted by molar-refractivity contribution is 9.10. The number of rotatable bonds is 2. The number of hydrogen-bond acceptors (Lipinski definition) is 3. The summed E-state index contributed by atoms with van der Waals surface area (Å²) in [6.45, 7) is 0.444. The number of anilines is 1. The fourth-order valence-electron chi connectivity index (χ4n) is 2.15. The second-order valence-corrected chi connectivity index (χ2v) is 5.65. The first-order chi connectivity index (χ1) is 9.13. The SMILES string of the molecule is NC1(C(=O)O)CCN(c2ccc(C(F)(F)F)cc2Br)C1. The van der Waals surface area contributed by atoms with E-state index < -0.39 is 23.2 Å². The van der Waals surface area contributed by atoms with E-state index in [1.54, 1.807) is 4.90 Å². The van der Waals surface area contributed by atoms with Crippen LogP contribution in [0.5, 0.6) is 0 Å². The number of carboxylic acid groups (broad SMARTS) is 1. The summed E-state index contributed by atoms with van der Waals surface area (Å²) in [6.07, 6.45) is -4.17. The van der Waals surface area contributed by atoms with E-state index in [-0.39, 0.29) is 17.4 Å². The van der Waals surface area contributed by atoms with Crippen molar-refractivity contribution in [1.82, 2.24) is 0 Å². The van der Waals surface area contributed by atoms with Crippen LogP contribution in [0, 0.1) is 0 Å². The molecule has 1 heterocycles. The van der Waals surface area contributed by atoms with Gasteiger partial charge in [-0.3, -0.25) is 4.79 Å². The van der Waals surface area contributed by atoms with Crippen molar-refractivity contribution in [1.29, 1.82) is 0 Å². The van der Waals surface area contributed by atoms with E-state index in [0.717, 1.165) is 12.1 Å². The molecule has 0 bridgehead atoms. The minimum Gasteiger partial charge on any atom is -0.480 e. The summed E-state index contributed by atoms with van der Waals surface area (Å²) >= 11 is 3.09. The number of benzene rings is 1. The Morgan fingerprint density at radius 3 is 2.55 bits per heavy atom. The third kappa shape index (κ3) is 2.76. The molecule has 1 fully saturated rings. The van der Waals surface area contributed by atoms with Crippen LogP contribution in [0.25, 0.3) is 0 Å². The predicted octanol–water partition coefficient (Wildman–Crippen LogP) is 2.46. The van der Waals surface area contributed by atoms with Crippen LogP contribution in [0.4, 0.5) is 18.9 Å². The average Bonchev–Trinajstić information content (AvgIpc) is 2.72. The molecule has 1 unspecified atom stereocenters. The van der Waals surface area contributed by atoms with Gasteiger partial charge in [-0.15, -0.1) is 0 Å². The lowest BCUT2D eigenvalue weighted by molar-refractivity contribution is -0.142. The van der Waals surface area contributed by atoms with Crippen LogP contribution in [0.15, 0.2) is 22.7 Å². The minimum atomic E-state index is -4.41. The molecule has 4 nitrogen and oxygen atoms in total. The Labute approximate surface area is 121 Å². The summed E-state index contributed by atoms with van der Waals surface area (Å²) in [5.74, 6) is -1.11. The van der Waals surface area contributed by atoms with Crippen LogP contribution in [0.3, 0.4) is 0 Å². The normalized spacial score (nSPS) is 23.1. The lowest BCUT2D eigenvalue weighted by atomic mass is 10.0. The second-order valence-electron chi connectivity index (χ2n) is 4.80. The molecule has 3 N–H and O–H groups in total. The molecule has 0 radical (unpaired) electrons. The fraction of sp³-hybridized carbons (Fsp3) is 0.417. The third-order valence-corrected chi connectivity index (χ3v) is 3.98. The molecule has 2 rings (SSSR count). The molecule has 1 aromatic rings. The molecule has 1 aliphatic heterocycles. The smallest absolute Gasteiger partial charge is 0.416 e. The number of aliphatic carboxylic acids is 1. The zero-order valence-corrected chi connectivity index (χ0v) is 11.8. The molecule has 8 heteroatoms. The number of hydrogen-bond donors (Lipinski definition) is 2. The van der Waals surface area contributed by atoms with E-state index in [1.165, 1.54) is 6.07 Å². The highest BCUT2D eigenvalue weighted by atomic mass is 79.9. The van der Waals surface area contributed by atoms with Crippen LogP contribution in [-0.2, 0) is 11.0 Å². The summed E-state index contributed by atoms with van der Waals surface area (Å²) in [5.41, 5.74) is 4.13. The Balaban J connectivity index is 2.26. The highest BCUT2D eigenvalue weighted by Gasteiger charge is 2.42. The predicted molar refractivity (Wildman–Crippen MR) is 70.5 cm³/mol. The van der Waals surface area contributed by atoms with Crippen molar-refractivity contribution in [2.24, 2.45) is 5.73 Å². The molecular formula is C12H12BrF3N2O2. The monoisotopic (exact) mass is 352 g/mol. The molecule has 0 saturated carbocycles. The van der Waals surface area contributed by atoms with Gasteiger partial charge in [0.25, 0.3) is 0 Å². The molecule has 110 valence electrons. The van der Waals surface area contributed by atoms with Crippen molar-refractivity contribution in [2.75, 3.05) is 18.0 Å². The van der Waals surface area contributed by atoms with Crippen LogP contribution >= 0.6 is 15.9 Å². The minimum absolute atomic E-state index is 0.0618. The van der Waals surface area contributed by atoms with Gasteiger partial charge >= 0.3 is 12.1 Å².